The molecular formula is C11H16BBrClNO4. The fourth-order valence-electron chi connectivity index (χ4n) is 2.01. The fraction of sp³-hybridized carbons (Fsp3) is 0.455. The molecule has 5 nitrogen and oxygen atoms in total. The molecule has 0 saturated heterocycles. The average molecular weight is 352 g/mol. The second kappa shape index (κ2) is 7.47. The van der Waals surface area contributed by atoms with Crippen LogP contribution in [0.1, 0.15) is 18.1 Å². The number of aliphatic hydroxyl groups excluding tert-OH is 1. The van der Waals surface area contributed by atoms with Gasteiger partial charge in [-0.25, -0.2) is 0 Å². The van der Waals surface area contributed by atoms with E-state index in [1.165, 1.54) is 0 Å². The van der Waals surface area contributed by atoms with Gasteiger partial charge in [-0.2, -0.15) is 0 Å². The molecule has 1 aromatic carbocycles. The predicted molar refractivity (Wildman–Crippen MR) is 79.1 cm³/mol. The van der Waals surface area contributed by atoms with Crippen molar-refractivity contribution in [1.82, 2.24) is 0 Å². The lowest BCUT2D eigenvalue weighted by Crippen LogP contribution is -2.30. The smallest absolute Gasteiger partial charge is 0.494 e. The standard InChI is InChI=1S/C11H15BBrNO4.ClH/c13-7-2-3-8(17-5-1-4-15)11-10(7)9(6-14)18-12(11)16;/h2-3,9,15-16H,1,4-6,14H2;1H/t9-;/m1./s1. The largest absolute Gasteiger partial charge is 0.495 e. The van der Waals surface area contributed by atoms with E-state index in [2.05, 4.69) is 15.9 Å². The summed E-state index contributed by atoms with van der Waals surface area (Å²) in [6.07, 6.45) is 0.216. The summed E-state index contributed by atoms with van der Waals surface area (Å²) < 4.78 is 11.8. The van der Waals surface area contributed by atoms with Crippen molar-refractivity contribution in [2.24, 2.45) is 5.73 Å². The van der Waals surface area contributed by atoms with Crippen molar-refractivity contribution in [3.8, 4) is 5.75 Å². The van der Waals surface area contributed by atoms with Gasteiger partial charge in [0.25, 0.3) is 0 Å². The number of aliphatic hydroxyl groups is 1. The molecule has 2 rings (SSSR count). The molecule has 1 heterocycles. The van der Waals surface area contributed by atoms with Crippen molar-refractivity contribution in [1.29, 1.82) is 0 Å². The zero-order valence-corrected chi connectivity index (χ0v) is 12.6. The predicted octanol–water partition coefficient (Wildman–Crippen LogP) is 0.350. The summed E-state index contributed by atoms with van der Waals surface area (Å²) in [5, 5.41) is 18.7. The lowest BCUT2D eigenvalue weighted by atomic mass is 9.78. The quantitative estimate of drug-likeness (QED) is 0.526. The SMILES string of the molecule is Cl.NC[C@H]1OB(O)c2c(OCCCO)ccc(Br)c21. The Morgan fingerprint density at radius 2 is 2.21 bits per heavy atom. The van der Waals surface area contributed by atoms with Gasteiger partial charge < -0.3 is 25.3 Å². The van der Waals surface area contributed by atoms with Gasteiger partial charge in [-0.15, -0.1) is 12.4 Å². The second-order valence-corrected chi connectivity index (χ2v) is 4.87. The van der Waals surface area contributed by atoms with Crippen LogP contribution in [0.5, 0.6) is 5.75 Å². The van der Waals surface area contributed by atoms with Crippen LogP contribution in [0.3, 0.4) is 0 Å². The molecule has 0 aromatic heterocycles. The minimum atomic E-state index is -1.02. The van der Waals surface area contributed by atoms with E-state index in [9.17, 15) is 5.02 Å². The summed E-state index contributed by atoms with van der Waals surface area (Å²) in [6.45, 7) is 0.760. The Morgan fingerprint density at radius 3 is 2.84 bits per heavy atom. The van der Waals surface area contributed by atoms with Crippen molar-refractivity contribution in [2.75, 3.05) is 19.8 Å². The van der Waals surface area contributed by atoms with Gasteiger partial charge in [-0.3, -0.25) is 0 Å². The summed E-state index contributed by atoms with van der Waals surface area (Å²) in [5.74, 6) is 0.574. The minimum absolute atomic E-state index is 0. The van der Waals surface area contributed by atoms with Gasteiger partial charge in [-0.1, -0.05) is 15.9 Å². The van der Waals surface area contributed by atoms with Crippen LogP contribution in [0.4, 0.5) is 0 Å². The van der Waals surface area contributed by atoms with Gasteiger partial charge in [0.05, 0.1) is 12.7 Å². The molecule has 0 unspecified atom stereocenters. The molecule has 0 amide bonds. The monoisotopic (exact) mass is 351 g/mol. The van der Waals surface area contributed by atoms with E-state index in [1.54, 1.807) is 6.07 Å². The number of hydrogen-bond donors (Lipinski definition) is 3. The summed E-state index contributed by atoms with van der Waals surface area (Å²) in [6, 6.07) is 3.61. The molecule has 1 aromatic rings. The average Bonchev–Trinajstić information content (AvgIpc) is 2.71. The van der Waals surface area contributed by atoms with E-state index in [1.807, 2.05) is 6.07 Å². The second-order valence-electron chi connectivity index (χ2n) is 4.01. The number of nitrogens with two attached hydrogens (primary N) is 1. The Hall–Kier alpha value is -0.305. The minimum Gasteiger partial charge on any atom is -0.494 e. The van der Waals surface area contributed by atoms with Crippen LogP contribution in [-0.2, 0) is 4.65 Å². The van der Waals surface area contributed by atoms with Gasteiger partial charge in [0.15, 0.2) is 0 Å². The molecule has 8 heteroatoms. The summed E-state index contributed by atoms with van der Waals surface area (Å²) in [5.41, 5.74) is 7.08. The molecule has 1 aliphatic rings. The van der Waals surface area contributed by atoms with Crippen LogP contribution in [0.15, 0.2) is 16.6 Å². The van der Waals surface area contributed by atoms with E-state index >= 15 is 0 Å². The first kappa shape index (κ1) is 16.7. The Labute approximate surface area is 126 Å². The van der Waals surface area contributed by atoms with Crippen molar-refractivity contribution in [3.05, 3.63) is 22.2 Å². The van der Waals surface area contributed by atoms with Gasteiger partial charge in [0, 0.05) is 29.5 Å². The molecule has 0 aliphatic carbocycles. The number of benzene rings is 1. The van der Waals surface area contributed by atoms with Crippen LogP contribution >= 0.6 is 28.3 Å². The Morgan fingerprint density at radius 1 is 1.47 bits per heavy atom. The van der Waals surface area contributed by atoms with E-state index in [0.29, 0.717) is 30.8 Å². The maximum Gasteiger partial charge on any atom is 0.495 e. The summed E-state index contributed by atoms with van der Waals surface area (Å²) >= 11 is 3.43. The zero-order chi connectivity index (χ0) is 13.1. The molecule has 0 radical (unpaired) electrons. The number of ether oxygens (including phenoxy) is 1. The molecule has 0 fully saturated rings. The van der Waals surface area contributed by atoms with Gasteiger partial charge in [0.2, 0.25) is 0 Å². The van der Waals surface area contributed by atoms with E-state index in [0.717, 1.165) is 10.0 Å². The molecule has 0 saturated carbocycles. The molecule has 106 valence electrons. The maximum absolute atomic E-state index is 9.92. The first-order chi connectivity index (χ1) is 8.69. The number of rotatable bonds is 5. The third kappa shape index (κ3) is 3.42. The number of hydrogen-bond acceptors (Lipinski definition) is 5. The fourth-order valence-corrected chi connectivity index (χ4v) is 2.61. The van der Waals surface area contributed by atoms with E-state index < -0.39 is 7.12 Å². The third-order valence-electron chi connectivity index (χ3n) is 2.83. The molecular weight excluding hydrogens is 336 g/mol. The highest BCUT2D eigenvalue weighted by Crippen LogP contribution is 2.33. The Bertz CT molecular complexity index is 437. The topological polar surface area (TPSA) is 84.9 Å². The van der Waals surface area contributed by atoms with Crippen LogP contribution < -0.4 is 15.9 Å². The number of fused-ring (bicyclic) bond motifs is 1. The molecule has 4 N–H and O–H groups in total. The maximum atomic E-state index is 9.92. The molecule has 19 heavy (non-hydrogen) atoms. The molecule has 1 atom stereocenters. The lowest BCUT2D eigenvalue weighted by Gasteiger charge is -2.13. The van der Waals surface area contributed by atoms with Gasteiger partial charge >= 0.3 is 7.12 Å². The highest BCUT2D eigenvalue weighted by Gasteiger charge is 2.38. The first-order valence-corrected chi connectivity index (χ1v) is 6.58. The molecule has 0 spiro atoms. The Kier molecular flexibility index (Phi) is 6.58. The van der Waals surface area contributed by atoms with Crippen LogP contribution in [-0.4, -0.2) is 37.0 Å². The number of halogens is 2. The van der Waals surface area contributed by atoms with Crippen molar-refractivity contribution in [3.63, 3.8) is 0 Å². The van der Waals surface area contributed by atoms with Gasteiger partial charge in [0.1, 0.15) is 5.75 Å². The third-order valence-corrected chi connectivity index (χ3v) is 3.52. The van der Waals surface area contributed by atoms with Crippen molar-refractivity contribution < 1.29 is 19.5 Å². The van der Waals surface area contributed by atoms with Crippen molar-refractivity contribution in [2.45, 2.75) is 12.5 Å². The van der Waals surface area contributed by atoms with Gasteiger partial charge in [-0.05, 0) is 17.7 Å². The summed E-state index contributed by atoms with van der Waals surface area (Å²) in [7, 11) is -1.02. The molecule has 0 bridgehead atoms. The first-order valence-electron chi connectivity index (χ1n) is 5.78. The van der Waals surface area contributed by atoms with Crippen LogP contribution in [0.2, 0.25) is 0 Å². The highest BCUT2D eigenvalue weighted by molar-refractivity contribution is 9.10. The Balaban J connectivity index is 0.00000180. The van der Waals surface area contributed by atoms with Crippen LogP contribution in [0, 0.1) is 0 Å². The highest BCUT2D eigenvalue weighted by atomic mass is 79.9. The summed E-state index contributed by atoms with van der Waals surface area (Å²) in [4.78, 5) is 0. The molecule has 1 aliphatic heterocycles. The zero-order valence-electron chi connectivity index (χ0n) is 10.2. The lowest BCUT2D eigenvalue weighted by molar-refractivity contribution is 0.197. The van der Waals surface area contributed by atoms with E-state index in [4.69, 9.17) is 20.2 Å². The van der Waals surface area contributed by atoms with E-state index in [-0.39, 0.29) is 25.1 Å². The normalized spacial score (nSPS) is 17.1. The van der Waals surface area contributed by atoms with Crippen molar-refractivity contribution >= 4 is 40.9 Å². The van der Waals surface area contributed by atoms with Crippen LogP contribution in [0.25, 0.3) is 0 Å².